The Morgan fingerprint density at radius 3 is 2.80 bits per heavy atom. The molecule has 1 aromatic carbocycles. The Kier molecular flexibility index (Phi) is 3.20. The van der Waals surface area contributed by atoms with Crippen molar-refractivity contribution in [2.45, 2.75) is 32.2 Å². The summed E-state index contributed by atoms with van der Waals surface area (Å²) in [4.78, 5) is 12.0. The Morgan fingerprint density at radius 2 is 2.15 bits per heavy atom. The van der Waals surface area contributed by atoms with Crippen LogP contribution < -0.4 is 9.62 Å². The first-order valence-corrected chi connectivity index (χ1v) is 8.56. The van der Waals surface area contributed by atoms with Crippen LogP contribution in [-0.4, -0.2) is 32.7 Å². The number of carbonyl (C=O) groups is 1. The minimum Gasteiger partial charge on any atom is -0.349 e. The lowest BCUT2D eigenvalue weighted by Gasteiger charge is -2.18. The molecular weight excluding hydrogens is 276 g/mol. The summed E-state index contributed by atoms with van der Waals surface area (Å²) in [6.07, 6.45) is 2.78. The molecule has 1 aliphatic heterocycles. The van der Waals surface area contributed by atoms with Crippen LogP contribution in [0.4, 0.5) is 5.69 Å². The molecule has 3 rings (SSSR count). The number of carbonyl (C=O) groups excluding carboxylic acids is 1. The molecule has 5 nitrogen and oxygen atoms in total. The molecule has 1 fully saturated rings. The molecule has 1 N–H and O–H groups in total. The van der Waals surface area contributed by atoms with Crippen molar-refractivity contribution in [1.82, 2.24) is 5.32 Å². The minimum atomic E-state index is -3.22. The van der Waals surface area contributed by atoms with Gasteiger partial charge >= 0.3 is 0 Å². The van der Waals surface area contributed by atoms with Crippen LogP contribution >= 0.6 is 0 Å². The quantitative estimate of drug-likeness (QED) is 0.910. The molecule has 0 aromatic heterocycles. The van der Waals surface area contributed by atoms with Gasteiger partial charge in [-0.2, -0.15) is 0 Å². The third-order valence-electron chi connectivity index (χ3n) is 3.81. The van der Waals surface area contributed by atoms with Crippen molar-refractivity contribution in [1.29, 1.82) is 0 Å². The highest BCUT2D eigenvalue weighted by atomic mass is 32.2. The van der Waals surface area contributed by atoms with Crippen LogP contribution in [0, 0.1) is 0 Å². The Labute approximate surface area is 119 Å². The van der Waals surface area contributed by atoms with Crippen molar-refractivity contribution in [2.75, 3.05) is 16.6 Å². The maximum Gasteiger partial charge on any atom is 0.251 e. The van der Waals surface area contributed by atoms with Gasteiger partial charge in [-0.15, -0.1) is 0 Å². The van der Waals surface area contributed by atoms with E-state index in [1.807, 2.05) is 6.07 Å². The molecule has 6 heteroatoms. The average molecular weight is 294 g/mol. The molecule has 0 radical (unpaired) electrons. The fourth-order valence-electron chi connectivity index (χ4n) is 2.45. The van der Waals surface area contributed by atoms with Crippen molar-refractivity contribution in [2.24, 2.45) is 0 Å². The van der Waals surface area contributed by atoms with Crippen molar-refractivity contribution < 1.29 is 13.2 Å². The minimum absolute atomic E-state index is 0.0629. The fourth-order valence-corrected chi connectivity index (χ4v) is 3.61. The zero-order valence-electron chi connectivity index (χ0n) is 11.4. The third-order valence-corrected chi connectivity index (χ3v) is 5.59. The first-order valence-electron chi connectivity index (χ1n) is 6.95. The van der Waals surface area contributed by atoms with Crippen molar-refractivity contribution >= 4 is 21.6 Å². The van der Waals surface area contributed by atoms with Gasteiger partial charge in [0.2, 0.25) is 10.0 Å². The van der Waals surface area contributed by atoms with Gasteiger partial charge in [-0.1, -0.05) is 0 Å². The fraction of sp³-hybridized carbons (Fsp3) is 0.500. The van der Waals surface area contributed by atoms with Crippen molar-refractivity contribution in [3.63, 3.8) is 0 Å². The second-order valence-corrected chi connectivity index (χ2v) is 7.50. The number of anilines is 1. The molecule has 0 spiro atoms. The average Bonchev–Trinajstić information content (AvgIpc) is 3.14. The molecule has 0 atom stereocenters. The second kappa shape index (κ2) is 4.77. The zero-order valence-corrected chi connectivity index (χ0v) is 12.2. The van der Waals surface area contributed by atoms with E-state index in [0.29, 0.717) is 24.6 Å². The van der Waals surface area contributed by atoms with Gasteiger partial charge in [0.25, 0.3) is 5.91 Å². The maximum absolute atomic E-state index is 12.0. The van der Waals surface area contributed by atoms with Crippen LogP contribution in [0.3, 0.4) is 0 Å². The monoisotopic (exact) mass is 294 g/mol. The van der Waals surface area contributed by atoms with Crippen molar-refractivity contribution in [3.8, 4) is 0 Å². The molecule has 1 aliphatic carbocycles. The van der Waals surface area contributed by atoms with Gasteiger partial charge in [-0.25, -0.2) is 8.42 Å². The molecule has 2 aliphatic rings. The standard InChI is InChI=1S/C14H18N2O3S/c1-2-20(18,19)16-8-7-10-9-11(3-6-13(10)16)14(17)15-12-4-5-12/h3,6,9,12H,2,4-5,7-8H2,1H3,(H,15,17). The Morgan fingerprint density at radius 1 is 1.40 bits per heavy atom. The molecular formula is C14H18N2O3S. The van der Waals surface area contributed by atoms with E-state index in [2.05, 4.69) is 5.32 Å². The number of fused-ring (bicyclic) bond motifs is 1. The highest BCUT2D eigenvalue weighted by molar-refractivity contribution is 7.92. The van der Waals surface area contributed by atoms with E-state index in [1.54, 1.807) is 19.1 Å². The van der Waals surface area contributed by atoms with Crippen LogP contribution in [0.2, 0.25) is 0 Å². The topological polar surface area (TPSA) is 66.5 Å². The molecule has 1 saturated carbocycles. The van der Waals surface area contributed by atoms with Crippen LogP contribution in [0.15, 0.2) is 18.2 Å². The lowest BCUT2D eigenvalue weighted by Crippen LogP contribution is -2.30. The predicted molar refractivity (Wildman–Crippen MR) is 77.4 cm³/mol. The summed E-state index contributed by atoms with van der Waals surface area (Å²) in [7, 11) is -3.22. The number of benzene rings is 1. The van der Waals surface area contributed by atoms with E-state index in [1.165, 1.54) is 4.31 Å². The van der Waals surface area contributed by atoms with E-state index in [-0.39, 0.29) is 11.7 Å². The number of nitrogens with one attached hydrogen (secondary N) is 1. The summed E-state index contributed by atoms with van der Waals surface area (Å²) in [6.45, 7) is 2.12. The SMILES string of the molecule is CCS(=O)(=O)N1CCc2cc(C(=O)NC3CC3)ccc21. The van der Waals surface area contributed by atoms with E-state index in [4.69, 9.17) is 0 Å². The van der Waals surface area contributed by atoms with Crippen LogP contribution in [0.1, 0.15) is 35.7 Å². The lowest BCUT2D eigenvalue weighted by atomic mass is 10.1. The summed E-state index contributed by atoms with van der Waals surface area (Å²) in [5.74, 6) is 0.0307. The van der Waals surface area contributed by atoms with Gasteiger partial charge in [0.05, 0.1) is 11.4 Å². The van der Waals surface area contributed by atoms with Crippen LogP contribution in [0.25, 0.3) is 0 Å². The summed E-state index contributed by atoms with van der Waals surface area (Å²) in [5.41, 5.74) is 2.27. The normalized spacial score (nSPS) is 17.9. The number of rotatable bonds is 4. The number of amides is 1. The number of hydrogen-bond acceptors (Lipinski definition) is 3. The summed E-state index contributed by atoms with van der Waals surface area (Å²) in [6, 6.07) is 5.60. The van der Waals surface area contributed by atoms with Gasteiger partial charge in [-0.05, 0) is 49.9 Å². The highest BCUT2D eigenvalue weighted by Gasteiger charge is 2.29. The number of hydrogen-bond donors (Lipinski definition) is 1. The van der Waals surface area contributed by atoms with E-state index in [9.17, 15) is 13.2 Å². The lowest BCUT2D eigenvalue weighted by molar-refractivity contribution is 0.0951. The van der Waals surface area contributed by atoms with Crippen LogP contribution in [-0.2, 0) is 16.4 Å². The molecule has 0 saturated heterocycles. The zero-order chi connectivity index (χ0) is 14.3. The second-order valence-electron chi connectivity index (χ2n) is 5.31. The summed E-state index contributed by atoms with van der Waals surface area (Å²) >= 11 is 0. The van der Waals surface area contributed by atoms with E-state index in [0.717, 1.165) is 24.1 Å². The van der Waals surface area contributed by atoms with E-state index < -0.39 is 10.0 Å². The molecule has 20 heavy (non-hydrogen) atoms. The summed E-state index contributed by atoms with van der Waals surface area (Å²) in [5, 5.41) is 2.94. The van der Waals surface area contributed by atoms with Gasteiger partial charge in [0.15, 0.2) is 0 Å². The molecule has 1 heterocycles. The molecule has 1 amide bonds. The van der Waals surface area contributed by atoms with E-state index >= 15 is 0 Å². The predicted octanol–water partition coefficient (Wildman–Crippen LogP) is 1.29. The highest BCUT2D eigenvalue weighted by Crippen LogP contribution is 2.31. The molecule has 0 unspecified atom stereocenters. The van der Waals surface area contributed by atoms with Crippen molar-refractivity contribution in [3.05, 3.63) is 29.3 Å². The Hall–Kier alpha value is -1.56. The van der Waals surface area contributed by atoms with Gasteiger partial charge in [0.1, 0.15) is 0 Å². The molecule has 108 valence electrons. The number of sulfonamides is 1. The first kappa shape index (κ1) is 13.4. The Balaban J connectivity index is 1.86. The number of nitrogens with zero attached hydrogens (tertiary/aromatic N) is 1. The van der Waals surface area contributed by atoms with Gasteiger partial charge < -0.3 is 5.32 Å². The molecule has 1 aromatic rings. The largest absolute Gasteiger partial charge is 0.349 e. The summed E-state index contributed by atoms with van der Waals surface area (Å²) < 4.78 is 25.4. The van der Waals surface area contributed by atoms with Gasteiger partial charge in [-0.3, -0.25) is 9.10 Å². The van der Waals surface area contributed by atoms with Crippen LogP contribution in [0.5, 0.6) is 0 Å². The smallest absolute Gasteiger partial charge is 0.251 e. The third kappa shape index (κ3) is 2.40. The molecule has 0 bridgehead atoms. The van der Waals surface area contributed by atoms with Gasteiger partial charge in [0, 0.05) is 18.2 Å². The maximum atomic E-state index is 12.0. The first-order chi connectivity index (χ1) is 9.51. The Bertz CT molecular complexity index is 650.